The van der Waals surface area contributed by atoms with Crippen molar-refractivity contribution < 1.29 is 9.53 Å². The molecule has 1 aliphatic rings. The molecule has 162 valence electrons. The molecule has 1 atom stereocenters. The first-order valence-corrected chi connectivity index (χ1v) is 10.9. The summed E-state index contributed by atoms with van der Waals surface area (Å²) in [5, 5.41) is 15.5. The fourth-order valence-electron chi connectivity index (χ4n) is 3.78. The summed E-state index contributed by atoms with van der Waals surface area (Å²) in [6.45, 7) is 2.75. The van der Waals surface area contributed by atoms with Gasteiger partial charge in [-0.2, -0.15) is 0 Å². The molecule has 4 rings (SSSR count). The summed E-state index contributed by atoms with van der Waals surface area (Å²) in [5.41, 5.74) is 2.35. The molecule has 1 aromatic heterocycles. The average Bonchev–Trinajstić information content (AvgIpc) is 3.02. The molecule has 7 nitrogen and oxygen atoms in total. The maximum absolute atomic E-state index is 12.7. The highest BCUT2D eigenvalue weighted by Crippen LogP contribution is 2.28. The highest BCUT2D eigenvalue weighted by atomic mass is 35.5. The Balaban J connectivity index is 1.48. The molecule has 0 radical (unpaired) electrons. The van der Waals surface area contributed by atoms with Gasteiger partial charge in [0.05, 0.1) is 12.8 Å². The smallest absolute Gasteiger partial charge is 0.246 e. The molecule has 0 aliphatic carbocycles. The zero-order valence-electron chi connectivity index (χ0n) is 17.7. The van der Waals surface area contributed by atoms with Crippen LogP contribution in [0, 0.1) is 0 Å². The van der Waals surface area contributed by atoms with E-state index in [-0.39, 0.29) is 5.91 Å². The summed E-state index contributed by atoms with van der Waals surface area (Å²) in [6, 6.07) is 12.6. The van der Waals surface area contributed by atoms with E-state index in [1.165, 1.54) is 6.42 Å². The van der Waals surface area contributed by atoms with Crippen LogP contribution in [0.1, 0.15) is 32.0 Å². The molecule has 2 heterocycles. The lowest BCUT2D eigenvalue weighted by molar-refractivity contribution is -0.116. The summed E-state index contributed by atoms with van der Waals surface area (Å²) < 4.78 is 7.52. The molecule has 1 amide bonds. The first-order chi connectivity index (χ1) is 15.0. The van der Waals surface area contributed by atoms with Crippen molar-refractivity contribution in [2.24, 2.45) is 0 Å². The number of amides is 1. The van der Waals surface area contributed by atoms with Crippen molar-refractivity contribution in [3.8, 4) is 17.1 Å². The first-order valence-electron chi connectivity index (χ1n) is 10.5. The molecule has 3 aromatic rings. The van der Waals surface area contributed by atoms with Crippen molar-refractivity contribution in [1.29, 1.82) is 0 Å². The number of halogens is 1. The number of benzene rings is 2. The molecule has 8 heteroatoms. The van der Waals surface area contributed by atoms with Crippen LogP contribution < -0.4 is 15.4 Å². The lowest BCUT2D eigenvalue weighted by Gasteiger charge is -2.17. The van der Waals surface area contributed by atoms with Gasteiger partial charge < -0.3 is 19.9 Å². The quantitative estimate of drug-likeness (QED) is 0.578. The van der Waals surface area contributed by atoms with Crippen LogP contribution in [-0.2, 0) is 17.8 Å². The number of ether oxygens (including phenoxy) is 1. The highest BCUT2D eigenvalue weighted by Gasteiger charge is 2.18. The normalized spacial score (nSPS) is 14.3. The van der Waals surface area contributed by atoms with Gasteiger partial charge in [-0.1, -0.05) is 30.2 Å². The van der Waals surface area contributed by atoms with Crippen molar-refractivity contribution >= 4 is 28.9 Å². The summed E-state index contributed by atoms with van der Waals surface area (Å²) in [7, 11) is 1.55. The van der Waals surface area contributed by atoms with E-state index in [4.69, 9.17) is 16.3 Å². The van der Waals surface area contributed by atoms with E-state index in [1.807, 2.05) is 31.2 Å². The molecule has 31 heavy (non-hydrogen) atoms. The summed E-state index contributed by atoms with van der Waals surface area (Å²) in [6.07, 6.45) is 4.48. The maximum atomic E-state index is 12.7. The largest absolute Gasteiger partial charge is 0.495 e. The maximum Gasteiger partial charge on any atom is 0.246 e. The summed E-state index contributed by atoms with van der Waals surface area (Å²) in [4.78, 5) is 12.7. The Morgan fingerprint density at radius 1 is 1.16 bits per heavy atom. The van der Waals surface area contributed by atoms with Gasteiger partial charge in [0.1, 0.15) is 17.6 Å². The Hall–Kier alpha value is -3.06. The topological polar surface area (TPSA) is 81.1 Å². The predicted octanol–water partition coefficient (Wildman–Crippen LogP) is 4.77. The van der Waals surface area contributed by atoms with E-state index in [0.717, 1.165) is 48.7 Å². The number of nitrogens with zero attached hydrogens (tertiary/aromatic N) is 3. The van der Waals surface area contributed by atoms with Gasteiger partial charge in [0.15, 0.2) is 5.82 Å². The van der Waals surface area contributed by atoms with Crippen molar-refractivity contribution in [3.63, 3.8) is 0 Å². The Labute approximate surface area is 186 Å². The monoisotopic (exact) mass is 439 g/mol. The van der Waals surface area contributed by atoms with E-state index < -0.39 is 6.04 Å². The average molecular weight is 440 g/mol. The number of aromatic nitrogens is 3. The molecule has 0 bridgehead atoms. The van der Waals surface area contributed by atoms with Gasteiger partial charge in [-0.25, -0.2) is 0 Å². The number of methoxy groups -OCH3 is 1. The van der Waals surface area contributed by atoms with E-state index in [9.17, 15) is 4.79 Å². The van der Waals surface area contributed by atoms with Gasteiger partial charge >= 0.3 is 0 Å². The standard InChI is InChI=1S/C23H26ClN5O2/c1-15(23(30)26-19-14-17(24)10-11-20(19)31-2)25-18-8-6-7-16(13-18)22-28-27-21-9-4-3-5-12-29(21)22/h6-8,10-11,13-15,25H,3-5,9,12H2,1-2H3,(H,26,30). The second-order valence-electron chi connectivity index (χ2n) is 7.68. The molecule has 0 saturated carbocycles. The Morgan fingerprint density at radius 2 is 2.03 bits per heavy atom. The van der Waals surface area contributed by atoms with Crippen molar-refractivity contribution in [1.82, 2.24) is 14.8 Å². The van der Waals surface area contributed by atoms with Gasteiger partial charge in [0.2, 0.25) is 5.91 Å². The molecule has 0 saturated heterocycles. The number of carbonyl (C=O) groups excluding carboxylic acids is 1. The van der Waals surface area contributed by atoms with Crippen molar-refractivity contribution in [3.05, 3.63) is 53.3 Å². The van der Waals surface area contributed by atoms with E-state index in [2.05, 4.69) is 25.4 Å². The van der Waals surface area contributed by atoms with Crippen molar-refractivity contribution in [2.75, 3.05) is 17.7 Å². The van der Waals surface area contributed by atoms with Crippen molar-refractivity contribution in [2.45, 2.75) is 45.2 Å². The van der Waals surface area contributed by atoms with E-state index in [0.29, 0.717) is 16.5 Å². The molecule has 0 spiro atoms. The van der Waals surface area contributed by atoms with Crippen LogP contribution in [0.4, 0.5) is 11.4 Å². The minimum Gasteiger partial charge on any atom is -0.495 e. The third kappa shape index (κ3) is 4.82. The zero-order chi connectivity index (χ0) is 21.8. The molecule has 2 aromatic carbocycles. The highest BCUT2D eigenvalue weighted by molar-refractivity contribution is 6.31. The van der Waals surface area contributed by atoms with Crippen LogP contribution in [0.3, 0.4) is 0 Å². The van der Waals surface area contributed by atoms with E-state index in [1.54, 1.807) is 25.3 Å². The fourth-order valence-corrected chi connectivity index (χ4v) is 3.95. The third-order valence-corrected chi connectivity index (χ3v) is 5.66. The SMILES string of the molecule is COc1ccc(Cl)cc1NC(=O)C(C)Nc1cccc(-c2nnc3n2CCCCC3)c1. The second-order valence-corrected chi connectivity index (χ2v) is 8.12. The van der Waals surface area contributed by atoms with Crippen LogP contribution in [0.25, 0.3) is 11.4 Å². The number of hydrogen-bond donors (Lipinski definition) is 2. The minimum atomic E-state index is -0.477. The Morgan fingerprint density at radius 3 is 2.87 bits per heavy atom. The van der Waals surface area contributed by atoms with Gasteiger partial charge in [0.25, 0.3) is 0 Å². The van der Waals surface area contributed by atoms with Gasteiger partial charge in [-0.3, -0.25) is 4.79 Å². The third-order valence-electron chi connectivity index (χ3n) is 5.43. The van der Waals surface area contributed by atoms with Crippen LogP contribution in [0.5, 0.6) is 5.75 Å². The number of anilines is 2. The van der Waals surface area contributed by atoms with Crippen LogP contribution >= 0.6 is 11.6 Å². The number of carbonyl (C=O) groups is 1. The molecular formula is C23H26ClN5O2. The summed E-state index contributed by atoms with van der Waals surface area (Å²) >= 11 is 6.06. The summed E-state index contributed by atoms with van der Waals surface area (Å²) in [5.74, 6) is 2.29. The van der Waals surface area contributed by atoms with E-state index >= 15 is 0 Å². The molecule has 2 N–H and O–H groups in total. The Bertz CT molecular complexity index is 1080. The van der Waals surface area contributed by atoms with Crippen LogP contribution in [-0.4, -0.2) is 33.8 Å². The van der Waals surface area contributed by atoms with Crippen LogP contribution in [0.15, 0.2) is 42.5 Å². The number of nitrogens with one attached hydrogen (secondary N) is 2. The van der Waals surface area contributed by atoms with Gasteiger partial charge in [-0.15, -0.1) is 10.2 Å². The van der Waals surface area contributed by atoms with Gasteiger partial charge in [0, 0.05) is 29.2 Å². The predicted molar refractivity (Wildman–Crippen MR) is 123 cm³/mol. The van der Waals surface area contributed by atoms with Gasteiger partial charge in [-0.05, 0) is 50.1 Å². The number of fused-ring (bicyclic) bond motifs is 1. The number of rotatable bonds is 6. The van der Waals surface area contributed by atoms with Crippen LogP contribution in [0.2, 0.25) is 5.02 Å². The molecule has 0 fully saturated rings. The lowest BCUT2D eigenvalue weighted by atomic mass is 10.1. The number of aryl methyl sites for hydroxylation is 1. The number of hydrogen-bond acceptors (Lipinski definition) is 5. The first kappa shape index (κ1) is 21.2. The fraction of sp³-hybridized carbons (Fsp3) is 0.348. The second kappa shape index (κ2) is 9.39. The molecular weight excluding hydrogens is 414 g/mol. The zero-order valence-corrected chi connectivity index (χ0v) is 18.4. The molecule has 1 aliphatic heterocycles. The minimum absolute atomic E-state index is 0.192. The lowest BCUT2D eigenvalue weighted by Crippen LogP contribution is -2.32. The molecule has 1 unspecified atom stereocenters. The Kier molecular flexibility index (Phi) is 6.42.